The van der Waals surface area contributed by atoms with Crippen molar-refractivity contribution in [2.75, 3.05) is 26.9 Å². The van der Waals surface area contributed by atoms with E-state index < -0.39 is 0 Å². The van der Waals surface area contributed by atoms with Gasteiger partial charge < -0.3 is 14.0 Å². The van der Waals surface area contributed by atoms with Crippen molar-refractivity contribution in [3.8, 4) is 6.07 Å². The summed E-state index contributed by atoms with van der Waals surface area (Å²) in [6.45, 7) is 1.68. The molecule has 0 atom stereocenters. The highest BCUT2D eigenvalue weighted by Gasteiger charge is 2.07. The van der Waals surface area contributed by atoms with Gasteiger partial charge in [0, 0.05) is 13.5 Å². The summed E-state index contributed by atoms with van der Waals surface area (Å²) in [6.07, 6.45) is 1.17. The summed E-state index contributed by atoms with van der Waals surface area (Å²) < 4.78 is 15.4. The van der Waals surface area contributed by atoms with Crippen molar-refractivity contribution in [2.45, 2.75) is 12.8 Å². The standard InChI is InChI=1S/C15H17N3O3/c1-19-8-9-20-7-6-14-17-15(21-18-14)10-12-2-4-13(11-16)5-3-12/h2-5H,6-10H2,1H3. The van der Waals surface area contributed by atoms with Gasteiger partial charge in [0.25, 0.3) is 0 Å². The van der Waals surface area contributed by atoms with Crippen LogP contribution in [0, 0.1) is 11.3 Å². The molecule has 0 spiro atoms. The number of hydrogen-bond acceptors (Lipinski definition) is 6. The second-order valence-electron chi connectivity index (χ2n) is 4.45. The highest BCUT2D eigenvalue weighted by molar-refractivity contribution is 5.32. The number of rotatable bonds is 8. The van der Waals surface area contributed by atoms with E-state index >= 15 is 0 Å². The molecule has 21 heavy (non-hydrogen) atoms. The minimum absolute atomic E-state index is 0.541. The molecule has 6 nitrogen and oxygen atoms in total. The first-order valence-corrected chi connectivity index (χ1v) is 6.69. The van der Waals surface area contributed by atoms with Crippen LogP contribution in [-0.2, 0) is 22.3 Å². The zero-order valence-electron chi connectivity index (χ0n) is 11.9. The van der Waals surface area contributed by atoms with Gasteiger partial charge in [0.05, 0.1) is 37.9 Å². The normalized spacial score (nSPS) is 10.5. The maximum Gasteiger partial charge on any atom is 0.231 e. The minimum Gasteiger partial charge on any atom is -0.382 e. The number of methoxy groups -OCH3 is 1. The third-order valence-corrected chi connectivity index (χ3v) is 2.85. The highest BCUT2D eigenvalue weighted by Crippen LogP contribution is 2.09. The Morgan fingerprint density at radius 3 is 2.71 bits per heavy atom. The summed E-state index contributed by atoms with van der Waals surface area (Å²) in [5.74, 6) is 1.20. The van der Waals surface area contributed by atoms with Crippen molar-refractivity contribution in [2.24, 2.45) is 0 Å². The van der Waals surface area contributed by atoms with Gasteiger partial charge in [-0.15, -0.1) is 0 Å². The van der Waals surface area contributed by atoms with Crippen LogP contribution in [0.4, 0.5) is 0 Å². The second kappa shape index (κ2) is 8.15. The number of nitrogens with zero attached hydrogens (tertiary/aromatic N) is 3. The van der Waals surface area contributed by atoms with Crippen LogP contribution in [0.1, 0.15) is 22.8 Å². The molecular formula is C15H17N3O3. The molecule has 1 aromatic carbocycles. The van der Waals surface area contributed by atoms with Crippen molar-refractivity contribution >= 4 is 0 Å². The van der Waals surface area contributed by atoms with Crippen LogP contribution in [0.3, 0.4) is 0 Å². The van der Waals surface area contributed by atoms with E-state index in [4.69, 9.17) is 19.3 Å². The summed E-state index contributed by atoms with van der Waals surface area (Å²) in [5, 5.41) is 12.7. The molecule has 0 unspecified atom stereocenters. The van der Waals surface area contributed by atoms with Crippen molar-refractivity contribution < 1.29 is 14.0 Å². The molecule has 0 radical (unpaired) electrons. The quantitative estimate of drug-likeness (QED) is 0.688. The van der Waals surface area contributed by atoms with E-state index in [9.17, 15) is 0 Å². The molecule has 0 aliphatic heterocycles. The predicted octanol–water partition coefficient (Wildman–Crippen LogP) is 1.74. The van der Waals surface area contributed by atoms with Crippen molar-refractivity contribution in [1.29, 1.82) is 5.26 Å². The Morgan fingerprint density at radius 2 is 2.00 bits per heavy atom. The molecule has 0 aliphatic carbocycles. The summed E-state index contributed by atoms with van der Waals surface area (Å²) in [6, 6.07) is 9.40. The molecule has 2 aromatic rings. The number of ether oxygens (including phenoxy) is 2. The van der Waals surface area contributed by atoms with E-state index in [1.54, 1.807) is 19.2 Å². The number of hydrogen-bond donors (Lipinski definition) is 0. The van der Waals surface area contributed by atoms with E-state index in [1.165, 1.54) is 0 Å². The monoisotopic (exact) mass is 287 g/mol. The fourth-order valence-electron chi connectivity index (χ4n) is 1.74. The summed E-state index contributed by atoms with van der Waals surface area (Å²) in [5.41, 5.74) is 1.67. The van der Waals surface area contributed by atoms with Gasteiger partial charge in [0.15, 0.2) is 5.82 Å². The Kier molecular flexibility index (Phi) is 5.88. The summed E-state index contributed by atoms with van der Waals surface area (Å²) >= 11 is 0. The lowest BCUT2D eigenvalue weighted by Crippen LogP contribution is -2.05. The molecule has 0 bridgehead atoms. The van der Waals surface area contributed by atoms with Crippen molar-refractivity contribution in [1.82, 2.24) is 10.1 Å². The molecule has 1 heterocycles. The SMILES string of the molecule is COCCOCCc1noc(Cc2ccc(C#N)cc2)n1. The van der Waals surface area contributed by atoms with E-state index in [0.29, 0.717) is 49.9 Å². The molecule has 0 fully saturated rings. The Labute approximate surface area is 123 Å². The van der Waals surface area contributed by atoms with E-state index in [0.717, 1.165) is 5.56 Å². The van der Waals surface area contributed by atoms with Crippen LogP contribution in [0.15, 0.2) is 28.8 Å². The van der Waals surface area contributed by atoms with Gasteiger partial charge in [-0.25, -0.2) is 0 Å². The average Bonchev–Trinajstić information content (AvgIpc) is 2.95. The smallest absolute Gasteiger partial charge is 0.231 e. The third-order valence-electron chi connectivity index (χ3n) is 2.85. The van der Waals surface area contributed by atoms with E-state index in [2.05, 4.69) is 16.2 Å². The van der Waals surface area contributed by atoms with Gasteiger partial charge in [0.1, 0.15) is 0 Å². The van der Waals surface area contributed by atoms with Crippen LogP contribution in [-0.4, -0.2) is 37.1 Å². The first-order valence-electron chi connectivity index (χ1n) is 6.69. The van der Waals surface area contributed by atoms with Crippen molar-refractivity contribution in [3.63, 3.8) is 0 Å². The zero-order valence-corrected chi connectivity index (χ0v) is 11.9. The molecule has 0 N–H and O–H groups in total. The van der Waals surface area contributed by atoms with E-state index in [1.807, 2.05) is 12.1 Å². The van der Waals surface area contributed by atoms with Crippen LogP contribution in [0.5, 0.6) is 0 Å². The second-order valence-corrected chi connectivity index (χ2v) is 4.45. The number of nitriles is 1. The molecule has 2 rings (SSSR count). The molecule has 6 heteroatoms. The molecule has 0 aliphatic rings. The first-order chi connectivity index (χ1) is 10.3. The lowest BCUT2D eigenvalue weighted by atomic mass is 10.1. The van der Waals surface area contributed by atoms with Gasteiger partial charge in [-0.1, -0.05) is 17.3 Å². The molecule has 110 valence electrons. The minimum atomic E-state index is 0.541. The van der Waals surface area contributed by atoms with Gasteiger partial charge >= 0.3 is 0 Å². The van der Waals surface area contributed by atoms with Crippen LogP contribution in [0.2, 0.25) is 0 Å². The highest BCUT2D eigenvalue weighted by atomic mass is 16.5. The lowest BCUT2D eigenvalue weighted by Gasteiger charge is -2.00. The molecule has 0 amide bonds. The molecule has 1 aromatic heterocycles. The molecule has 0 saturated heterocycles. The average molecular weight is 287 g/mol. The number of benzene rings is 1. The Morgan fingerprint density at radius 1 is 1.19 bits per heavy atom. The van der Waals surface area contributed by atoms with Gasteiger partial charge in [-0.2, -0.15) is 10.2 Å². The summed E-state index contributed by atoms with van der Waals surface area (Å²) in [4.78, 5) is 4.31. The largest absolute Gasteiger partial charge is 0.382 e. The van der Waals surface area contributed by atoms with E-state index in [-0.39, 0.29) is 0 Å². The van der Waals surface area contributed by atoms with Gasteiger partial charge in [-0.3, -0.25) is 0 Å². The molecular weight excluding hydrogens is 270 g/mol. The Balaban J connectivity index is 1.80. The van der Waals surface area contributed by atoms with Crippen LogP contribution < -0.4 is 0 Å². The topological polar surface area (TPSA) is 81.2 Å². The van der Waals surface area contributed by atoms with Gasteiger partial charge in [0.2, 0.25) is 5.89 Å². The number of aromatic nitrogens is 2. The van der Waals surface area contributed by atoms with Crippen LogP contribution in [0.25, 0.3) is 0 Å². The Bertz CT molecular complexity index is 587. The maximum atomic E-state index is 8.75. The van der Waals surface area contributed by atoms with Gasteiger partial charge in [-0.05, 0) is 17.7 Å². The fourth-order valence-corrected chi connectivity index (χ4v) is 1.74. The molecule has 0 saturated carbocycles. The lowest BCUT2D eigenvalue weighted by molar-refractivity contribution is 0.0714. The summed E-state index contributed by atoms with van der Waals surface area (Å²) in [7, 11) is 1.64. The third kappa shape index (κ3) is 4.99. The maximum absolute atomic E-state index is 8.75. The zero-order chi connectivity index (χ0) is 14.9. The first kappa shape index (κ1) is 15.2. The van der Waals surface area contributed by atoms with Crippen LogP contribution >= 0.6 is 0 Å². The fraction of sp³-hybridized carbons (Fsp3) is 0.400. The Hall–Kier alpha value is -2.23. The predicted molar refractivity (Wildman–Crippen MR) is 74.7 cm³/mol. The van der Waals surface area contributed by atoms with Crippen molar-refractivity contribution in [3.05, 3.63) is 47.1 Å².